The molecular weight excluding hydrogens is 340 g/mol. The standard InChI is InChI=1S/C22H16N2O3/c1-26-21-7-3-2-6-20(21)18(14-23)13-16-8-10-19(11-9-16)27-22(25)17-5-4-12-24-15-17/h2-13,15H,1H3/b18-13-. The van der Waals surface area contributed by atoms with Gasteiger partial charge >= 0.3 is 5.97 Å². The van der Waals surface area contributed by atoms with E-state index in [4.69, 9.17) is 9.47 Å². The lowest BCUT2D eigenvalue weighted by molar-refractivity contribution is 0.0734. The average molecular weight is 356 g/mol. The van der Waals surface area contributed by atoms with Crippen molar-refractivity contribution < 1.29 is 14.3 Å². The topological polar surface area (TPSA) is 72.2 Å². The third-order valence-corrected chi connectivity index (χ3v) is 3.82. The first-order chi connectivity index (χ1) is 13.2. The number of allylic oxidation sites excluding steroid dienone is 1. The highest BCUT2D eigenvalue weighted by atomic mass is 16.5. The predicted octanol–water partition coefficient (Wildman–Crippen LogP) is 4.37. The molecule has 1 heterocycles. The van der Waals surface area contributed by atoms with Crippen LogP contribution in [0.3, 0.4) is 0 Å². The summed E-state index contributed by atoms with van der Waals surface area (Å²) in [5.41, 5.74) is 2.38. The minimum absolute atomic E-state index is 0.379. The van der Waals surface area contributed by atoms with Gasteiger partial charge in [-0.15, -0.1) is 0 Å². The molecule has 0 spiro atoms. The molecular formula is C22H16N2O3. The summed E-state index contributed by atoms with van der Waals surface area (Å²) in [7, 11) is 1.57. The molecule has 0 amide bonds. The molecule has 0 unspecified atom stereocenters. The number of benzene rings is 2. The van der Waals surface area contributed by atoms with E-state index in [1.165, 1.54) is 6.20 Å². The Morgan fingerprint density at radius 3 is 2.52 bits per heavy atom. The molecule has 3 aromatic rings. The number of ether oxygens (including phenoxy) is 2. The van der Waals surface area contributed by atoms with E-state index in [1.807, 2.05) is 24.3 Å². The highest BCUT2D eigenvalue weighted by molar-refractivity contribution is 5.92. The van der Waals surface area contributed by atoms with Gasteiger partial charge in [-0.25, -0.2) is 4.79 Å². The first-order valence-electron chi connectivity index (χ1n) is 8.18. The molecule has 5 heteroatoms. The second kappa shape index (κ2) is 8.45. The maximum atomic E-state index is 12.0. The SMILES string of the molecule is COc1ccccc1/C(C#N)=C\c1ccc(OC(=O)c2cccnc2)cc1. The van der Waals surface area contributed by atoms with E-state index in [0.29, 0.717) is 22.6 Å². The van der Waals surface area contributed by atoms with E-state index >= 15 is 0 Å². The van der Waals surface area contributed by atoms with Crippen LogP contribution in [-0.4, -0.2) is 18.1 Å². The lowest BCUT2D eigenvalue weighted by Gasteiger charge is -2.07. The second-order valence-corrected chi connectivity index (χ2v) is 5.57. The summed E-state index contributed by atoms with van der Waals surface area (Å²) in [6.07, 6.45) is 4.79. The molecule has 0 saturated carbocycles. The first-order valence-corrected chi connectivity index (χ1v) is 8.18. The molecule has 27 heavy (non-hydrogen) atoms. The van der Waals surface area contributed by atoms with Gasteiger partial charge in [-0.2, -0.15) is 5.26 Å². The van der Waals surface area contributed by atoms with Crippen molar-refractivity contribution in [3.05, 3.63) is 89.7 Å². The Kier molecular flexibility index (Phi) is 5.60. The second-order valence-electron chi connectivity index (χ2n) is 5.57. The quantitative estimate of drug-likeness (QED) is 0.294. The van der Waals surface area contributed by atoms with Crippen LogP contribution >= 0.6 is 0 Å². The van der Waals surface area contributed by atoms with Crippen LogP contribution in [0.4, 0.5) is 0 Å². The molecule has 0 aliphatic rings. The first kappa shape index (κ1) is 17.9. The molecule has 1 aromatic heterocycles. The maximum Gasteiger partial charge on any atom is 0.345 e. The molecule has 0 atom stereocenters. The number of esters is 1. The van der Waals surface area contributed by atoms with Gasteiger partial charge < -0.3 is 9.47 Å². The molecule has 5 nitrogen and oxygen atoms in total. The third kappa shape index (κ3) is 4.39. The Labute approximate surface area is 157 Å². The van der Waals surface area contributed by atoms with Crippen LogP contribution in [0.2, 0.25) is 0 Å². The van der Waals surface area contributed by atoms with E-state index in [0.717, 1.165) is 11.1 Å². The Balaban J connectivity index is 1.79. The summed E-state index contributed by atoms with van der Waals surface area (Å²) in [5, 5.41) is 9.51. The van der Waals surface area contributed by atoms with Crippen LogP contribution in [-0.2, 0) is 0 Å². The zero-order chi connectivity index (χ0) is 19.1. The van der Waals surface area contributed by atoms with Crippen LogP contribution in [0.1, 0.15) is 21.5 Å². The fourth-order valence-electron chi connectivity index (χ4n) is 2.49. The zero-order valence-electron chi connectivity index (χ0n) is 14.6. The van der Waals surface area contributed by atoms with E-state index < -0.39 is 5.97 Å². The third-order valence-electron chi connectivity index (χ3n) is 3.82. The lowest BCUT2D eigenvalue weighted by atomic mass is 10.0. The van der Waals surface area contributed by atoms with Crippen molar-refractivity contribution >= 4 is 17.6 Å². The van der Waals surface area contributed by atoms with E-state index in [9.17, 15) is 10.1 Å². The van der Waals surface area contributed by atoms with Crippen LogP contribution < -0.4 is 9.47 Å². The molecule has 0 N–H and O–H groups in total. The largest absolute Gasteiger partial charge is 0.496 e. The van der Waals surface area contributed by atoms with Crippen molar-refractivity contribution in [1.82, 2.24) is 4.98 Å². The molecule has 0 saturated heterocycles. The van der Waals surface area contributed by atoms with Crippen molar-refractivity contribution in [3.8, 4) is 17.6 Å². The van der Waals surface area contributed by atoms with Gasteiger partial charge in [0.25, 0.3) is 0 Å². The minimum atomic E-state index is -0.474. The van der Waals surface area contributed by atoms with Gasteiger partial charge in [-0.05, 0) is 48.0 Å². The number of nitrogens with zero attached hydrogens (tertiary/aromatic N) is 2. The number of carbonyl (C=O) groups excluding carboxylic acids is 1. The molecule has 3 rings (SSSR count). The number of rotatable bonds is 5. The Morgan fingerprint density at radius 2 is 1.85 bits per heavy atom. The van der Waals surface area contributed by atoms with Crippen molar-refractivity contribution in [2.24, 2.45) is 0 Å². The number of hydrogen-bond donors (Lipinski definition) is 0. The van der Waals surface area contributed by atoms with Crippen molar-refractivity contribution in [2.45, 2.75) is 0 Å². The van der Waals surface area contributed by atoms with Crippen LogP contribution in [0.25, 0.3) is 11.6 Å². The minimum Gasteiger partial charge on any atom is -0.496 e. The van der Waals surface area contributed by atoms with E-state index in [1.54, 1.807) is 55.8 Å². The number of pyridine rings is 1. The average Bonchev–Trinajstić information content (AvgIpc) is 2.73. The van der Waals surface area contributed by atoms with Crippen molar-refractivity contribution in [3.63, 3.8) is 0 Å². The molecule has 2 aromatic carbocycles. The highest BCUT2D eigenvalue weighted by Gasteiger charge is 2.09. The highest BCUT2D eigenvalue weighted by Crippen LogP contribution is 2.27. The van der Waals surface area contributed by atoms with Gasteiger partial charge in [0, 0.05) is 18.0 Å². The van der Waals surface area contributed by atoms with Crippen LogP contribution in [0.5, 0.6) is 11.5 Å². The predicted molar refractivity (Wildman–Crippen MR) is 102 cm³/mol. The molecule has 0 aliphatic heterocycles. The molecule has 0 bridgehead atoms. The number of hydrogen-bond acceptors (Lipinski definition) is 5. The van der Waals surface area contributed by atoms with Crippen LogP contribution in [0.15, 0.2) is 73.1 Å². The fraction of sp³-hybridized carbons (Fsp3) is 0.0455. The van der Waals surface area contributed by atoms with Crippen LogP contribution in [0, 0.1) is 11.3 Å². The monoisotopic (exact) mass is 356 g/mol. The van der Waals surface area contributed by atoms with Crippen molar-refractivity contribution in [2.75, 3.05) is 7.11 Å². The summed E-state index contributed by atoms with van der Waals surface area (Å²) in [6.45, 7) is 0. The Morgan fingerprint density at radius 1 is 1.07 bits per heavy atom. The number of aromatic nitrogens is 1. The maximum absolute atomic E-state index is 12.0. The van der Waals surface area contributed by atoms with Crippen molar-refractivity contribution in [1.29, 1.82) is 5.26 Å². The number of methoxy groups -OCH3 is 1. The van der Waals surface area contributed by atoms with E-state index in [2.05, 4.69) is 11.1 Å². The van der Waals surface area contributed by atoms with Gasteiger partial charge in [-0.1, -0.05) is 24.3 Å². The van der Waals surface area contributed by atoms with Gasteiger partial charge in [0.1, 0.15) is 11.5 Å². The van der Waals surface area contributed by atoms with Gasteiger partial charge in [0.05, 0.1) is 24.3 Å². The number of para-hydroxylation sites is 1. The lowest BCUT2D eigenvalue weighted by Crippen LogP contribution is -2.08. The summed E-state index contributed by atoms with van der Waals surface area (Å²) in [6, 6.07) is 19.8. The summed E-state index contributed by atoms with van der Waals surface area (Å²) < 4.78 is 10.6. The smallest absolute Gasteiger partial charge is 0.345 e. The fourth-order valence-corrected chi connectivity index (χ4v) is 2.49. The Hall–Kier alpha value is -3.91. The molecule has 0 radical (unpaired) electrons. The number of carbonyl (C=O) groups is 1. The summed E-state index contributed by atoms with van der Waals surface area (Å²) in [5.74, 6) is 0.572. The zero-order valence-corrected chi connectivity index (χ0v) is 14.6. The molecule has 0 fully saturated rings. The van der Waals surface area contributed by atoms with E-state index in [-0.39, 0.29) is 0 Å². The molecule has 0 aliphatic carbocycles. The summed E-state index contributed by atoms with van der Waals surface area (Å²) >= 11 is 0. The van der Waals surface area contributed by atoms with Gasteiger partial charge in [0.2, 0.25) is 0 Å². The van der Waals surface area contributed by atoms with Gasteiger partial charge in [0.15, 0.2) is 0 Å². The molecule has 132 valence electrons. The normalized spacial score (nSPS) is 10.7. The Bertz CT molecular complexity index is 1000. The van der Waals surface area contributed by atoms with Gasteiger partial charge in [-0.3, -0.25) is 4.98 Å². The summed E-state index contributed by atoms with van der Waals surface area (Å²) in [4.78, 5) is 15.9. The number of nitriles is 1.